The molecule has 7 nitrogen and oxygen atoms in total. The molecule has 1 aromatic rings. The topological polar surface area (TPSA) is 107 Å². The van der Waals surface area contributed by atoms with Crippen LogP contribution in [0.4, 0.5) is 18.9 Å². The van der Waals surface area contributed by atoms with E-state index in [4.69, 9.17) is 5.11 Å². The molecule has 1 aliphatic rings. The second-order valence-corrected chi connectivity index (χ2v) is 4.73. The van der Waals surface area contributed by atoms with E-state index in [0.717, 1.165) is 24.3 Å². The highest BCUT2D eigenvalue weighted by Gasteiger charge is 2.42. The van der Waals surface area contributed by atoms with Gasteiger partial charge in [0, 0.05) is 6.08 Å². The maximum atomic E-state index is 12.6. The Hall–Kier alpha value is -2.88. The van der Waals surface area contributed by atoms with Crippen LogP contribution in [0.2, 0.25) is 0 Å². The number of hydrogen-bond donors (Lipinski definition) is 3. The number of aromatic hydroxyl groups is 1. The van der Waals surface area contributed by atoms with Crippen LogP contribution in [0.3, 0.4) is 0 Å². The van der Waals surface area contributed by atoms with Gasteiger partial charge >= 0.3 is 6.18 Å². The summed E-state index contributed by atoms with van der Waals surface area (Å²) in [6.07, 6.45) is -4.41. The molecular formula is C14H11F3N2O5. The minimum absolute atomic E-state index is 0.284. The quantitative estimate of drug-likeness (QED) is 0.539. The summed E-state index contributed by atoms with van der Waals surface area (Å²) in [6.45, 7) is -0.768. The third-order valence-electron chi connectivity index (χ3n) is 3.13. The van der Waals surface area contributed by atoms with Gasteiger partial charge in [0.2, 0.25) is 0 Å². The Kier molecular flexibility index (Phi) is 4.60. The van der Waals surface area contributed by atoms with Gasteiger partial charge < -0.3 is 15.5 Å². The number of nitrogens with zero attached hydrogens (tertiary/aromatic N) is 1. The van der Waals surface area contributed by atoms with Crippen molar-refractivity contribution in [1.29, 1.82) is 0 Å². The number of halogens is 3. The SMILES string of the molecule is O=C1C=C(Nc2cccc(O)c2C(=O)C(F)(F)F)C(=O)N1CCO. The number of benzene rings is 1. The molecule has 1 heterocycles. The summed E-state index contributed by atoms with van der Waals surface area (Å²) < 4.78 is 37.9. The van der Waals surface area contributed by atoms with Crippen molar-refractivity contribution >= 4 is 23.3 Å². The fraction of sp³-hybridized carbons (Fsp3) is 0.214. The first-order valence-corrected chi connectivity index (χ1v) is 6.55. The van der Waals surface area contributed by atoms with Crippen LogP contribution in [0.25, 0.3) is 0 Å². The molecule has 128 valence electrons. The average Bonchev–Trinajstić information content (AvgIpc) is 2.74. The number of phenols is 1. The van der Waals surface area contributed by atoms with Crippen LogP contribution in [-0.4, -0.2) is 52.0 Å². The van der Waals surface area contributed by atoms with Gasteiger partial charge in [-0.25, -0.2) is 0 Å². The zero-order valence-electron chi connectivity index (χ0n) is 11.9. The van der Waals surface area contributed by atoms with Gasteiger partial charge in [0.1, 0.15) is 11.4 Å². The van der Waals surface area contributed by atoms with Gasteiger partial charge in [0.25, 0.3) is 17.6 Å². The molecule has 0 fully saturated rings. The molecule has 0 aromatic heterocycles. The minimum Gasteiger partial charge on any atom is -0.507 e. The molecule has 1 aromatic carbocycles. The van der Waals surface area contributed by atoms with Gasteiger partial charge in [-0.05, 0) is 12.1 Å². The third-order valence-corrected chi connectivity index (χ3v) is 3.13. The molecular weight excluding hydrogens is 333 g/mol. The molecule has 2 amide bonds. The van der Waals surface area contributed by atoms with E-state index in [1.54, 1.807) is 0 Å². The van der Waals surface area contributed by atoms with E-state index in [0.29, 0.717) is 4.90 Å². The number of rotatable bonds is 5. The molecule has 0 radical (unpaired) electrons. The lowest BCUT2D eigenvalue weighted by Gasteiger charge is -2.16. The Morgan fingerprint density at radius 2 is 1.92 bits per heavy atom. The predicted molar refractivity (Wildman–Crippen MR) is 74.0 cm³/mol. The first-order chi connectivity index (χ1) is 11.2. The number of hydrogen-bond acceptors (Lipinski definition) is 6. The number of nitrogens with one attached hydrogen (secondary N) is 1. The van der Waals surface area contributed by atoms with Crippen molar-refractivity contribution in [1.82, 2.24) is 4.90 Å². The normalized spacial score (nSPS) is 14.8. The molecule has 3 N–H and O–H groups in total. The van der Waals surface area contributed by atoms with Gasteiger partial charge in [-0.2, -0.15) is 13.2 Å². The van der Waals surface area contributed by atoms with E-state index >= 15 is 0 Å². The number of ketones is 1. The lowest BCUT2D eigenvalue weighted by Crippen LogP contribution is -2.34. The Labute approximate surface area is 133 Å². The Bertz CT molecular complexity index is 742. The smallest absolute Gasteiger partial charge is 0.455 e. The molecule has 2 rings (SSSR count). The molecule has 0 saturated carbocycles. The van der Waals surface area contributed by atoms with Gasteiger partial charge in [0.05, 0.1) is 24.4 Å². The van der Waals surface area contributed by atoms with Crippen molar-refractivity contribution < 1.29 is 37.8 Å². The molecule has 0 bridgehead atoms. The number of β-amino-alcohol motifs (C(OH)–C–C–N with tert-alkyl or cyclic N) is 1. The van der Waals surface area contributed by atoms with Crippen LogP contribution >= 0.6 is 0 Å². The summed E-state index contributed by atoms with van der Waals surface area (Å²) in [6, 6.07) is 3.10. The Morgan fingerprint density at radius 1 is 1.25 bits per heavy atom. The average molecular weight is 344 g/mol. The first kappa shape index (κ1) is 17.5. The number of Topliss-reactive ketones (excluding diaryl/α,β-unsaturated/α-hetero) is 1. The van der Waals surface area contributed by atoms with Crippen LogP contribution in [0.1, 0.15) is 10.4 Å². The van der Waals surface area contributed by atoms with Crippen LogP contribution in [-0.2, 0) is 9.59 Å². The Balaban J connectivity index is 2.37. The largest absolute Gasteiger partial charge is 0.507 e. The first-order valence-electron chi connectivity index (χ1n) is 6.55. The minimum atomic E-state index is -5.23. The van der Waals surface area contributed by atoms with Crippen molar-refractivity contribution in [2.45, 2.75) is 6.18 Å². The highest BCUT2D eigenvalue weighted by molar-refractivity contribution is 6.18. The fourth-order valence-electron chi connectivity index (χ4n) is 2.08. The molecule has 0 atom stereocenters. The van der Waals surface area contributed by atoms with Crippen molar-refractivity contribution in [3.8, 4) is 5.75 Å². The summed E-state index contributed by atoms with van der Waals surface area (Å²) in [5.41, 5.74) is -1.92. The number of aliphatic hydroxyl groups excluding tert-OH is 1. The monoisotopic (exact) mass is 344 g/mol. The molecule has 10 heteroatoms. The highest BCUT2D eigenvalue weighted by atomic mass is 19.4. The van der Waals surface area contributed by atoms with Crippen molar-refractivity contribution in [3.05, 3.63) is 35.5 Å². The summed E-state index contributed by atoms with van der Waals surface area (Å²) in [5.74, 6) is -4.86. The zero-order valence-corrected chi connectivity index (χ0v) is 11.9. The fourth-order valence-corrected chi connectivity index (χ4v) is 2.08. The summed E-state index contributed by atoms with van der Waals surface area (Å²) in [5, 5.41) is 20.6. The summed E-state index contributed by atoms with van der Waals surface area (Å²) in [7, 11) is 0. The maximum Gasteiger partial charge on any atom is 0.455 e. The number of imide groups is 1. The number of aliphatic hydroxyl groups is 1. The van der Waals surface area contributed by atoms with Crippen molar-refractivity contribution in [2.75, 3.05) is 18.5 Å². The van der Waals surface area contributed by atoms with Crippen LogP contribution in [0.15, 0.2) is 30.0 Å². The second-order valence-electron chi connectivity index (χ2n) is 4.73. The molecule has 0 aliphatic carbocycles. The third kappa shape index (κ3) is 3.23. The highest BCUT2D eigenvalue weighted by Crippen LogP contribution is 2.33. The van der Waals surface area contributed by atoms with Gasteiger partial charge in [-0.15, -0.1) is 0 Å². The molecule has 0 unspecified atom stereocenters. The number of alkyl halides is 3. The van der Waals surface area contributed by atoms with E-state index in [1.165, 1.54) is 0 Å². The van der Waals surface area contributed by atoms with Crippen LogP contribution in [0.5, 0.6) is 5.75 Å². The summed E-state index contributed by atoms with van der Waals surface area (Å²) in [4.78, 5) is 35.7. The Morgan fingerprint density at radius 3 is 2.50 bits per heavy atom. The van der Waals surface area contributed by atoms with E-state index in [-0.39, 0.29) is 12.2 Å². The number of phenolic OH excluding ortho intramolecular Hbond substituents is 1. The van der Waals surface area contributed by atoms with Gasteiger partial charge in [-0.1, -0.05) is 6.07 Å². The lowest BCUT2D eigenvalue weighted by molar-refractivity contribution is -0.137. The standard InChI is InChI=1S/C14H11F3N2O5/c15-14(16,17)12(23)11-7(2-1-3-9(11)21)18-8-6-10(22)19(4-5-20)13(8)24/h1-3,6,18,20-21H,4-5H2. The van der Waals surface area contributed by atoms with E-state index < -0.39 is 47.4 Å². The second kappa shape index (κ2) is 6.32. The van der Waals surface area contributed by atoms with Gasteiger partial charge in [-0.3, -0.25) is 19.3 Å². The molecule has 0 saturated heterocycles. The van der Waals surface area contributed by atoms with Gasteiger partial charge in [0.15, 0.2) is 0 Å². The zero-order chi connectivity index (χ0) is 18.1. The van der Waals surface area contributed by atoms with Crippen molar-refractivity contribution in [3.63, 3.8) is 0 Å². The number of amides is 2. The van der Waals surface area contributed by atoms with Crippen LogP contribution < -0.4 is 5.32 Å². The van der Waals surface area contributed by atoms with Crippen molar-refractivity contribution in [2.24, 2.45) is 0 Å². The van der Waals surface area contributed by atoms with E-state index in [2.05, 4.69) is 5.32 Å². The molecule has 1 aliphatic heterocycles. The number of carbonyl (C=O) groups is 3. The predicted octanol–water partition coefficient (Wildman–Crippen LogP) is 0.794. The maximum absolute atomic E-state index is 12.6. The van der Waals surface area contributed by atoms with E-state index in [1.807, 2.05) is 0 Å². The number of anilines is 1. The lowest BCUT2D eigenvalue weighted by atomic mass is 10.1. The van der Waals surface area contributed by atoms with Crippen LogP contribution in [0, 0.1) is 0 Å². The molecule has 0 spiro atoms. The van der Waals surface area contributed by atoms with E-state index in [9.17, 15) is 32.7 Å². The number of carbonyl (C=O) groups excluding carboxylic acids is 3. The summed E-state index contributed by atoms with van der Waals surface area (Å²) >= 11 is 0. The molecule has 24 heavy (non-hydrogen) atoms.